The Morgan fingerprint density at radius 2 is 2.26 bits per heavy atom. The van der Waals surface area contributed by atoms with Crippen molar-refractivity contribution in [1.82, 2.24) is 9.55 Å². The molecule has 1 aromatic heterocycles. The Morgan fingerprint density at radius 1 is 1.47 bits per heavy atom. The number of nitrogens with zero attached hydrogens (tertiary/aromatic N) is 2. The standard InChI is InChI=1S/C14H16ClFN2O/c1-19-11-7-10(8-11)18-13-3-2-9(16)6-12(13)17-14(18)4-5-15/h2-3,6,10-11H,4-5,7-8H2,1H3. The summed E-state index contributed by atoms with van der Waals surface area (Å²) in [5.74, 6) is 1.21. The first-order valence-corrected chi connectivity index (χ1v) is 7.01. The first-order chi connectivity index (χ1) is 9.22. The zero-order valence-electron chi connectivity index (χ0n) is 10.8. The molecule has 1 aromatic carbocycles. The van der Waals surface area contributed by atoms with Crippen LogP contribution in [0.2, 0.25) is 0 Å². The summed E-state index contributed by atoms with van der Waals surface area (Å²) in [6.07, 6.45) is 2.99. The lowest BCUT2D eigenvalue weighted by Gasteiger charge is -2.36. The largest absolute Gasteiger partial charge is 0.381 e. The van der Waals surface area contributed by atoms with Crippen molar-refractivity contribution in [3.8, 4) is 0 Å². The van der Waals surface area contributed by atoms with Gasteiger partial charge in [-0.25, -0.2) is 9.37 Å². The molecule has 1 fully saturated rings. The zero-order chi connectivity index (χ0) is 13.4. The van der Waals surface area contributed by atoms with Crippen LogP contribution < -0.4 is 0 Å². The predicted octanol–water partition coefficient (Wildman–Crippen LogP) is 3.31. The van der Waals surface area contributed by atoms with Gasteiger partial charge in [-0.15, -0.1) is 11.6 Å². The van der Waals surface area contributed by atoms with E-state index in [1.54, 1.807) is 13.2 Å². The van der Waals surface area contributed by atoms with E-state index in [-0.39, 0.29) is 5.82 Å². The smallest absolute Gasteiger partial charge is 0.125 e. The van der Waals surface area contributed by atoms with E-state index in [1.165, 1.54) is 12.1 Å². The quantitative estimate of drug-likeness (QED) is 0.805. The number of halogens is 2. The molecule has 1 aliphatic rings. The number of ether oxygens (including phenoxy) is 1. The normalized spacial score (nSPS) is 22.7. The van der Waals surface area contributed by atoms with Crippen molar-refractivity contribution in [3.63, 3.8) is 0 Å². The number of imidazole rings is 1. The molecule has 2 aromatic rings. The maximum Gasteiger partial charge on any atom is 0.125 e. The van der Waals surface area contributed by atoms with E-state index in [4.69, 9.17) is 16.3 Å². The molecule has 1 heterocycles. The van der Waals surface area contributed by atoms with Crippen LogP contribution in [0.5, 0.6) is 0 Å². The lowest BCUT2D eigenvalue weighted by Crippen LogP contribution is -2.33. The molecule has 0 aliphatic heterocycles. The van der Waals surface area contributed by atoms with Crippen LogP contribution in [0.4, 0.5) is 4.39 Å². The van der Waals surface area contributed by atoms with E-state index >= 15 is 0 Å². The first kappa shape index (κ1) is 12.9. The maximum absolute atomic E-state index is 13.3. The number of methoxy groups -OCH3 is 1. The minimum Gasteiger partial charge on any atom is -0.381 e. The molecule has 102 valence electrons. The highest BCUT2D eigenvalue weighted by molar-refractivity contribution is 6.17. The van der Waals surface area contributed by atoms with Gasteiger partial charge in [0.25, 0.3) is 0 Å². The van der Waals surface area contributed by atoms with E-state index in [9.17, 15) is 4.39 Å². The number of hydrogen-bond donors (Lipinski definition) is 0. The summed E-state index contributed by atoms with van der Waals surface area (Å²) >= 11 is 5.84. The van der Waals surface area contributed by atoms with Gasteiger partial charge < -0.3 is 9.30 Å². The van der Waals surface area contributed by atoms with Crippen molar-refractivity contribution in [2.24, 2.45) is 0 Å². The molecule has 1 saturated carbocycles. The molecular formula is C14H16ClFN2O. The molecular weight excluding hydrogens is 267 g/mol. The first-order valence-electron chi connectivity index (χ1n) is 6.48. The predicted molar refractivity (Wildman–Crippen MR) is 73.2 cm³/mol. The van der Waals surface area contributed by atoms with Crippen molar-refractivity contribution in [1.29, 1.82) is 0 Å². The fraction of sp³-hybridized carbons (Fsp3) is 0.500. The van der Waals surface area contributed by atoms with Crippen LogP contribution in [0, 0.1) is 5.82 Å². The monoisotopic (exact) mass is 282 g/mol. The molecule has 19 heavy (non-hydrogen) atoms. The second-order valence-electron chi connectivity index (χ2n) is 4.95. The highest BCUT2D eigenvalue weighted by Gasteiger charge is 2.32. The molecule has 5 heteroatoms. The van der Waals surface area contributed by atoms with Crippen molar-refractivity contribution in [3.05, 3.63) is 29.8 Å². The molecule has 0 unspecified atom stereocenters. The number of aromatic nitrogens is 2. The number of rotatable bonds is 4. The third kappa shape index (κ3) is 2.23. The average molecular weight is 283 g/mol. The summed E-state index contributed by atoms with van der Waals surface area (Å²) in [6, 6.07) is 5.15. The molecule has 3 nitrogen and oxygen atoms in total. The number of alkyl halides is 1. The molecule has 0 radical (unpaired) electrons. The SMILES string of the molecule is COC1CC(n2c(CCCl)nc3cc(F)ccc32)C1. The van der Waals surface area contributed by atoms with E-state index in [0.717, 1.165) is 24.2 Å². The molecule has 1 aliphatic carbocycles. The molecule has 0 saturated heterocycles. The highest BCUT2D eigenvalue weighted by Crippen LogP contribution is 2.37. The van der Waals surface area contributed by atoms with Gasteiger partial charge in [-0.1, -0.05) is 0 Å². The van der Waals surface area contributed by atoms with Gasteiger partial charge in [0.05, 0.1) is 17.1 Å². The van der Waals surface area contributed by atoms with Crippen LogP contribution in [0.3, 0.4) is 0 Å². The number of hydrogen-bond acceptors (Lipinski definition) is 2. The van der Waals surface area contributed by atoms with Gasteiger partial charge in [0, 0.05) is 31.5 Å². The van der Waals surface area contributed by atoms with E-state index in [2.05, 4.69) is 9.55 Å². The Kier molecular flexibility index (Phi) is 3.46. The van der Waals surface area contributed by atoms with Gasteiger partial charge in [-0.05, 0) is 25.0 Å². The lowest BCUT2D eigenvalue weighted by molar-refractivity contribution is 0.00663. The van der Waals surface area contributed by atoms with Gasteiger partial charge >= 0.3 is 0 Å². The minimum absolute atomic E-state index is 0.252. The van der Waals surface area contributed by atoms with Crippen LogP contribution in [0.1, 0.15) is 24.7 Å². The Balaban J connectivity index is 2.02. The van der Waals surface area contributed by atoms with Gasteiger partial charge in [0.15, 0.2) is 0 Å². The third-order valence-corrected chi connectivity index (χ3v) is 4.00. The Morgan fingerprint density at radius 3 is 2.95 bits per heavy atom. The molecule has 0 spiro atoms. The van der Waals surface area contributed by atoms with E-state index in [0.29, 0.717) is 30.0 Å². The summed E-state index contributed by atoms with van der Waals surface area (Å²) < 4.78 is 20.8. The Bertz CT molecular complexity index is 592. The Hall–Kier alpha value is -1.13. The summed E-state index contributed by atoms with van der Waals surface area (Å²) in [6.45, 7) is 0. The van der Waals surface area contributed by atoms with Gasteiger partial charge in [0.1, 0.15) is 11.6 Å². The zero-order valence-corrected chi connectivity index (χ0v) is 11.5. The second-order valence-corrected chi connectivity index (χ2v) is 5.33. The summed E-state index contributed by atoms with van der Waals surface area (Å²) in [7, 11) is 1.74. The van der Waals surface area contributed by atoms with Crippen molar-refractivity contribution in [2.75, 3.05) is 13.0 Å². The van der Waals surface area contributed by atoms with Crippen LogP contribution in [-0.4, -0.2) is 28.6 Å². The number of aryl methyl sites for hydroxylation is 1. The van der Waals surface area contributed by atoms with Crippen molar-refractivity contribution in [2.45, 2.75) is 31.4 Å². The van der Waals surface area contributed by atoms with Crippen LogP contribution in [0.25, 0.3) is 11.0 Å². The topological polar surface area (TPSA) is 27.1 Å². The van der Waals surface area contributed by atoms with Crippen LogP contribution in [0.15, 0.2) is 18.2 Å². The maximum atomic E-state index is 13.3. The third-order valence-electron chi connectivity index (χ3n) is 3.81. The molecule has 0 bridgehead atoms. The van der Waals surface area contributed by atoms with Gasteiger partial charge in [-0.2, -0.15) is 0 Å². The summed E-state index contributed by atoms with van der Waals surface area (Å²) in [5, 5.41) is 0. The van der Waals surface area contributed by atoms with Crippen LogP contribution in [-0.2, 0) is 11.2 Å². The summed E-state index contributed by atoms with van der Waals surface area (Å²) in [5.41, 5.74) is 1.70. The second kappa shape index (κ2) is 5.10. The molecule has 0 amide bonds. The van der Waals surface area contributed by atoms with Crippen molar-refractivity contribution < 1.29 is 9.13 Å². The number of fused-ring (bicyclic) bond motifs is 1. The van der Waals surface area contributed by atoms with Gasteiger partial charge in [-0.3, -0.25) is 0 Å². The van der Waals surface area contributed by atoms with E-state index < -0.39 is 0 Å². The average Bonchev–Trinajstić information content (AvgIpc) is 2.66. The Labute approximate surface area is 116 Å². The highest BCUT2D eigenvalue weighted by atomic mass is 35.5. The molecule has 0 atom stereocenters. The fourth-order valence-electron chi connectivity index (χ4n) is 2.73. The van der Waals surface area contributed by atoms with E-state index in [1.807, 2.05) is 0 Å². The van der Waals surface area contributed by atoms with Gasteiger partial charge in [0.2, 0.25) is 0 Å². The van der Waals surface area contributed by atoms with Crippen molar-refractivity contribution >= 4 is 22.6 Å². The molecule has 0 N–H and O–H groups in total. The van der Waals surface area contributed by atoms with Crippen LogP contribution >= 0.6 is 11.6 Å². The summed E-state index contributed by atoms with van der Waals surface area (Å²) in [4.78, 5) is 4.51. The fourth-order valence-corrected chi connectivity index (χ4v) is 2.90. The lowest BCUT2D eigenvalue weighted by atomic mass is 9.88. The number of benzene rings is 1. The minimum atomic E-state index is -0.252. The molecule has 3 rings (SSSR count).